The SMILES string of the molecule is CC1=C(c2ccccc2)[P@]2(=S)C[C@]1(C)[C@@H](c1ccccc1)[C@H]2C1=N[C@@H](c2ccccc2)CO1. The van der Waals surface area contributed by atoms with Crippen LogP contribution >= 0.6 is 6.04 Å². The van der Waals surface area contributed by atoms with Gasteiger partial charge in [-0.05, 0) is 41.1 Å². The van der Waals surface area contributed by atoms with Crippen molar-refractivity contribution in [2.45, 2.75) is 31.5 Å². The van der Waals surface area contributed by atoms with Gasteiger partial charge in [0.2, 0.25) is 0 Å². The molecule has 0 aliphatic carbocycles. The van der Waals surface area contributed by atoms with Gasteiger partial charge in [0.25, 0.3) is 0 Å². The first-order valence-corrected chi connectivity index (χ1v) is 14.7. The fourth-order valence-corrected chi connectivity index (χ4v) is 13.5. The first kappa shape index (κ1) is 21.1. The minimum Gasteiger partial charge on any atom is -0.478 e. The lowest BCUT2D eigenvalue weighted by atomic mass is 9.68. The van der Waals surface area contributed by atoms with Crippen molar-refractivity contribution in [2.24, 2.45) is 10.4 Å². The van der Waals surface area contributed by atoms with Crippen molar-refractivity contribution in [1.29, 1.82) is 0 Å². The summed E-state index contributed by atoms with van der Waals surface area (Å²) in [4.78, 5) is 5.20. The van der Waals surface area contributed by atoms with E-state index < -0.39 is 6.04 Å². The summed E-state index contributed by atoms with van der Waals surface area (Å²) in [7, 11) is 0. The fourth-order valence-electron chi connectivity index (χ4n) is 6.36. The van der Waals surface area contributed by atoms with Gasteiger partial charge in [0.05, 0.1) is 5.66 Å². The van der Waals surface area contributed by atoms with Crippen molar-refractivity contribution >= 4 is 29.1 Å². The number of hydrogen-bond donors (Lipinski definition) is 0. The smallest absolute Gasteiger partial charge is 0.193 e. The van der Waals surface area contributed by atoms with Crippen LogP contribution in [0.4, 0.5) is 0 Å². The summed E-state index contributed by atoms with van der Waals surface area (Å²) in [5.41, 5.74) is 5.50. The molecular formula is C29H28NOPS. The van der Waals surface area contributed by atoms with Crippen LogP contribution in [0.15, 0.2) is 102 Å². The number of ether oxygens (including phenoxy) is 1. The van der Waals surface area contributed by atoms with Gasteiger partial charge in [0.1, 0.15) is 12.6 Å². The number of benzene rings is 3. The molecule has 0 aromatic heterocycles. The lowest BCUT2D eigenvalue weighted by Gasteiger charge is -2.39. The maximum Gasteiger partial charge on any atom is 0.193 e. The Bertz CT molecular complexity index is 1300. The molecule has 3 aliphatic rings. The van der Waals surface area contributed by atoms with E-state index in [4.69, 9.17) is 21.5 Å². The topological polar surface area (TPSA) is 21.6 Å². The van der Waals surface area contributed by atoms with Crippen LogP contribution in [0.3, 0.4) is 0 Å². The molecule has 1 saturated heterocycles. The third-order valence-corrected chi connectivity index (χ3v) is 13.4. The average Bonchev–Trinajstić information content (AvgIpc) is 3.47. The predicted octanol–water partition coefficient (Wildman–Crippen LogP) is 7.25. The average molecular weight is 470 g/mol. The maximum atomic E-state index is 6.75. The number of nitrogens with zero attached hydrogens (tertiary/aromatic N) is 1. The molecule has 166 valence electrons. The summed E-state index contributed by atoms with van der Waals surface area (Å²) < 4.78 is 6.43. The molecule has 6 rings (SSSR count). The molecule has 0 radical (unpaired) electrons. The van der Waals surface area contributed by atoms with Gasteiger partial charge in [-0.25, -0.2) is 4.99 Å². The Morgan fingerprint density at radius 3 is 2.09 bits per heavy atom. The monoisotopic (exact) mass is 469 g/mol. The molecule has 4 heteroatoms. The molecule has 5 atom stereocenters. The molecule has 33 heavy (non-hydrogen) atoms. The van der Waals surface area contributed by atoms with Gasteiger partial charge in [0, 0.05) is 11.3 Å². The third-order valence-electron chi connectivity index (χ3n) is 7.92. The molecule has 2 nitrogen and oxygen atoms in total. The van der Waals surface area contributed by atoms with E-state index in [1.54, 1.807) is 0 Å². The number of fused-ring (bicyclic) bond motifs is 2. The first-order valence-electron chi connectivity index (χ1n) is 11.7. The Morgan fingerprint density at radius 1 is 0.879 bits per heavy atom. The molecule has 0 saturated carbocycles. The van der Waals surface area contributed by atoms with Gasteiger partial charge in [-0.15, -0.1) is 0 Å². The van der Waals surface area contributed by atoms with Crippen molar-refractivity contribution in [3.05, 3.63) is 113 Å². The van der Waals surface area contributed by atoms with Crippen LogP contribution in [-0.4, -0.2) is 24.3 Å². The van der Waals surface area contributed by atoms with Gasteiger partial charge in [-0.2, -0.15) is 0 Å². The second-order valence-corrected chi connectivity index (χ2v) is 14.6. The second-order valence-electron chi connectivity index (χ2n) is 9.75. The number of allylic oxidation sites excluding steroid dienone is 1. The highest BCUT2D eigenvalue weighted by molar-refractivity contribution is 8.20. The zero-order chi connectivity index (χ0) is 22.6. The van der Waals surface area contributed by atoms with Crippen molar-refractivity contribution in [1.82, 2.24) is 0 Å². The van der Waals surface area contributed by atoms with Gasteiger partial charge in [-0.3, -0.25) is 0 Å². The van der Waals surface area contributed by atoms with Crippen molar-refractivity contribution in [2.75, 3.05) is 12.8 Å². The molecule has 0 unspecified atom stereocenters. The van der Waals surface area contributed by atoms with Crippen molar-refractivity contribution < 1.29 is 4.74 Å². The van der Waals surface area contributed by atoms with Crippen LogP contribution in [0, 0.1) is 5.41 Å². The van der Waals surface area contributed by atoms with E-state index >= 15 is 0 Å². The van der Waals surface area contributed by atoms with E-state index in [9.17, 15) is 0 Å². The minimum absolute atomic E-state index is 0.0173. The highest BCUT2D eigenvalue weighted by Crippen LogP contribution is 2.83. The molecule has 3 aromatic rings. The lowest BCUT2D eigenvalue weighted by Crippen LogP contribution is -2.35. The molecule has 3 heterocycles. The summed E-state index contributed by atoms with van der Waals surface area (Å²) >= 11 is 6.75. The van der Waals surface area contributed by atoms with E-state index in [2.05, 4.69) is 105 Å². The number of rotatable bonds is 4. The molecular weight excluding hydrogens is 441 g/mol. The summed E-state index contributed by atoms with van der Waals surface area (Å²) in [6.45, 7) is 5.36. The fraction of sp³-hybridized carbons (Fsp3) is 0.276. The summed E-state index contributed by atoms with van der Waals surface area (Å²) in [5, 5.41) is 1.42. The summed E-state index contributed by atoms with van der Waals surface area (Å²) in [6.07, 6.45) is 1.05. The summed E-state index contributed by atoms with van der Waals surface area (Å²) in [6, 6.07) is 30.3. The van der Waals surface area contributed by atoms with E-state index in [1.807, 2.05) is 0 Å². The Morgan fingerprint density at radius 2 is 1.45 bits per heavy atom. The zero-order valence-corrected chi connectivity index (χ0v) is 20.7. The number of hydrogen-bond acceptors (Lipinski definition) is 3. The molecule has 1 fully saturated rings. The summed E-state index contributed by atoms with van der Waals surface area (Å²) in [5.74, 6) is 1.19. The van der Waals surface area contributed by atoms with Gasteiger partial charge in [-0.1, -0.05) is 115 Å². The van der Waals surface area contributed by atoms with Crippen LogP contribution in [0.25, 0.3) is 5.31 Å². The first-order chi connectivity index (χ1) is 16.0. The Hall–Kier alpha value is -2.48. The van der Waals surface area contributed by atoms with Crippen molar-refractivity contribution in [3.63, 3.8) is 0 Å². The largest absolute Gasteiger partial charge is 0.478 e. The van der Waals surface area contributed by atoms with Crippen molar-refractivity contribution in [3.8, 4) is 0 Å². The maximum absolute atomic E-state index is 6.75. The number of aliphatic imine (C=N–C) groups is 1. The van der Waals surface area contributed by atoms with E-state index in [0.717, 1.165) is 12.1 Å². The Balaban J connectivity index is 1.52. The Kier molecular flexibility index (Phi) is 4.98. The highest BCUT2D eigenvalue weighted by atomic mass is 32.4. The zero-order valence-electron chi connectivity index (χ0n) is 19.0. The van der Waals surface area contributed by atoms with E-state index in [0.29, 0.717) is 12.5 Å². The van der Waals surface area contributed by atoms with E-state index in [-0.39, 0.29) is 17.1 Å². The van der Waals surface area contributed by atoms with Gasteiger partial charge >= 0.3 is 0 Å². The molecule has 2 bridgehead atoms. The third kappa shape index (κ3) is 3.13. The second kappa shape index (κ2) is 7.79. The van der Waals surface area contributed by atoms with Gasteiger partial charge < -0.3 is 4.74 Å². The lowest BCUT2D eigenvalue weighted by molar-refractivity contribution is 0.300. The van der Waals surface area contributed by atoms with Crippen LogP contribution in [0.5, 0.6) is 0 Å². The minimum atomic E-state index is -1.97. The molecule has 3 aliphatic heterocycles. The van der Waals surface area contributed by atoms with E-state index in [1.165, 1.54) is 27.6 Å². The molecule has 3 aromatic carbocycles. The molecule has 0 amide bonds. The predicted molar refractivity (Wildman–Crippen MR) is 142 cm³/mol. The quantitative estimate of drug-likeness (QED) is 0.375. The van der Waals surface area contributed by atoms with Crippen LogP contribution in [-0.2, 0) is 16.5 Å². The van der Waals surface area contributed by atoms with Crippen LogP contribution < -0.4 is 0 Å². The highest BCUT2D eigenvalue weighted by Gasteiger charge is 2.64. The van der Waals surface area contributed by atoms with Gasteiger partial charge in [0.15, 0.2) is 5.90 Å². The molecule has 0 N–H and O–H groups in total. The van der Waals surface area contributed by atoms with Crippen LogP contribution in [0.2, 0.25) is 0 Å². The molecule has 0 spiro atoms. The van der Waals surface area contributed by atoms with Crippen LogP contribution in [0.1, 0.15) is 42.5 Å². The standard InChI is InChI=1S/C29H28NOPS/c1-20-26(23-16-10-5-11-17-23)32(33)19-29(20,2)25(22-14-8-4-9-15-22)27(32)28-30-24(18-31-28)21-12-6-3-7-13-21/h3-17,24-25,27H,18-19H2,1-2H3/t24-,25+,27+,29+,32-/m1/s1. The Labute approximate surface area is 201 Å². The normalized spacial score (nSPS) is 32.7.